The zero-order valence-corrected chi connectivity index (χ0v) is 11.0. The number of carbonyl (C=O) groups is 1. The number of nitrogens with zero attached hydrogens (tertiary/aromatic N) is 2. The molecule has 0 saturated heterocycles. The Morgan fingerprint density at radius 2 is 2.06 bits per heavy atom. The van der Waals surface area contributed by atoms with E-state index in [1.54, 1.807) is 0 Å². The molecule has 0 radical (unpaired) electrons. The van der Waals surface area contributed by atoms with Crippen LogP contribution in [0.15, 0.2) is 29.4 Å². The number of hydrogen-bond donors (Lipinski definition) is 2. The molecule has 2 aromatic rings. The zero-order chi connectivity index (χ0) is 13.0. The van der Waals surface area contributed by atoms with E-state index in [2.05, 4.69) is 20.5 Å². The standard InChI is InChI=1S/C12H14N4OS/c1-8-3-5-10(6-4-8)14-11(17)7-18-12-13-9(2)15-16-12/h3-6H,7H2,1-2H3,(H,14,17)(H,13,15,16). The summed E-state index contributed by atoms with van der Waals surface area (Å²) in [7, 11) is 0. The highest BCUT2D eigenvalue weighted by molar-refractivity contribution is 7.99. The molecule has 0 spiro atoms. The van der Waals surface area contributed by atoms with Gasteiger partial charge in [0, 0.05) is 5.69 Å². The maximum absolute atomic E-state index is 11.7. The highest BCUT2D eigenvalue weighted by Crippen LogP contribution is 2.13. The molecule has 0 aliphatic rings. The SMILES string of the molecule is Cc1ccc(NC(=O)CSc2n[nH]c(C)n2)cc1. The number of rotatable bonds is 4. The van der Waals surface area contributed by atoms with Gasteiger partial charge in [-0.05, 0) is 26.0 Å². The summed E-state index contributed by atoms with van der Waals surface area (Å²) < 4.78 is 0. The monoisotopic (exact) mass is 262 g/mol. The second kappa shape index (κ2) is 5.68. The van der Waals surface area contributed by atoms with E-state index in [4.69, 9.17) is 0 Å². The van der Waals surface area contributed by atoms with Gasteiger partial charge in [0.15, 0.2) is 0 Å². The average Bonchev–Trinajstić information content (AvgIpc) is 2.76. The lowest BCUT2D eigenvalue weighted by atomic mass is 10.2. The minimum absolute atomic E-state index is 0.0636. The third-order valence-corrected chi connectivity index (χ3v) is 3.09. The number of aromatic amines is 1. The summed E-state index contributed by atoms with van der Waals surface area (Å²) in [5, 5.41) is 10.1. The van der Waals surface area contributed by atoms with Crippen LogP contribution >= 0.6 is 11.8 Å². The van der Waals surface area contributed by atoms with Gasteiger partial charge in [0.05, 0.1) is 5.75 Å². The number of hydrogen-bond acceptors (Lipinski definition) is 4. The van der Waals surface area contributed by atoms with Crippen LogP contribution in [0.25, 0.3) is 0 Å². The summed E-state index contributed by atoms with van der Waals surface area (Å²) in [6.45, 7) is 3.83. The number of amides is 1. The van der Waals surface area contributed by atoms with Crippen molar-refractivity contribution in [3.63, 3.8) is 0 Å². The number of benzene rings is 1. The summed E-state index contributed by atoms with van der Waals surface area (Å²) in [5.41, 5.74) is 1.97. The van der Waals surface area contributed by atoms with Crippen molar-refractivity contribution in [2.75, 3.05) is 11.1 Å². The third-order valence-electron chi connectivity index (χ3n) is 2.24. The van der Waals surface area contributed by atoms with E-state index in [9.17, 15) is 4.79 Å². The molecule has 5 nitrogen and oxygen atoms in total. The number of nitrogens with one attached hydrogen (secondary N) is 2. The number of aryl methyl sites for hydroxylation is 2. The predicted octanol–water partition coefficient (Wildman–Crippen LogP) is 2.15. The molecule has 6 heteroatoms. The number of anilines is 1. The van der Waals surface area contributed by atoms with Gasteiger partial charge in [-0.25, -0.2) is 4.98 Å². The molecule has 0 bridgehead atoms. The first-order valence-electron chi connectivity index (χ1n) is 5.52. The maximum atomic E-state index is 11.7. The molecule has 2 rings (SSSR count). The molecular formula is C12H14N4OS. The van der Waals surface area contributed by atoms with Gasteiger partial charge in [0.1, 0.15) is 5.82 Å². The topological polar surface area (TPSA) is 70.7 Å². The molecule has 94 valence electrons. The highest BCUT2D eigenvalue weighted by atomic mass is 32.2. The van der Waals surface area contributed by atoms with E-state index in [0.29, 0.717) is 10.9 Å². The van der Waals surface area contributed by atoms with E-state index in [-0.39, 0.29) is 5.91 Å². The van der Waals surface area contributed by atoms with Crippen molar-refractivity contribution in [3.05, 3.63) is 35.7 Å². The Hall–Kier alpha value is -1.82. The molecule has 18 heavy (non-hydrogen) atoms. The molecule has 0 atom stereocenters. The van der Waals surface area contributed by atoms with Crippen LogP contribution in [0.2, 0.25) is 0 Å². The quantitative estimate of drug-likeness (QED) is 0.828. The van der Waals surface area contributed by atoms with Crippen molar-refractivity contribution >= 4 is 23.4 Å². The highest BCUT2D eigenvalue weighted by Gasteiger charge is 2.06. The van der Waals surface area contributed by atoms with Crippen LogP contribution in [0.3, 0.4) is 0 Å². The first kappa shape index (κ1) is 12.6. The number of H-pyrrole nitrogens is 1. The Bertz CT molecular complexity index is 535. The smallest absolute Gasteiger partial charge is 0.234 e. The Morgan fingerprint density at radius 1 is 1.33 bits per heavy atom. The van der Waals surface area contributed by atoms with E-state index in [1.165, 1.54) is 17.3 Å². The fourth-order valence-electron chi connectivity index (χ4n) is 1.35. The second-order valence-electron chi connectivity index (χ2n) is 3.91. The van der Waals surface area contributed by atoms with E-state index >= 15 is 0 Å². The van der Waals surface area contributed by atoms with Crippen molar-refractivity contribution in [1.82, 2.24) is 15.2 Å². The third kappa shape index (κ3) is 3.59. The normalized spacial score (nSPS) is 10.3. The van der Waals surface area contributed by atoms with E-state index < -0.39 is 0 Å². The van der Waals surface area contributed by atoms with Crippen molar-refractivity contribution in [2.24, 2.45) is 0 Å². The van der Waals surface area contributed by atoms with Crippen molar-refractivity contribution in [2.45, 2.75) is 19.0 Å². The molecule has 0 fully saturated rings. The summed E-state index contributed by atoms with van der Waals surface area (Å²) in [6.07, 6.45) is 0. The second-order valence-corrected chi connectivity index (χ2v) is 4.85. The van der Waals surface area contributed by atoms with Crippen LogP contribution in [-0.2, 0) is 4.79 Å². The molecule has 0 unspecified atom stereocenters. The minimum Gasteiger partial charge on any atom is -0.325 e. The number of thioether (sulfide) groups is 1. The van der Waals surface area contributed by atoms with Crippen LogP contribution in [0.4, 0.5) is 5.69 Å². The largest absolute Gasteiger partial charge is 0.325 e. The Labute approximate surface area is 109 Å². The van der Waals surface area contributed by atoms with Crippen LogP contribution < -0.4 is 5.32 Å². The maximum Gasteiger partial charge on any atom is 0.234 e. The Morgan fingerprint density at radius 3 is 2.67 bits per heavy atom. The fourth-order valence-corrected chi connectivity index (χ4v) is 1.99. The summed E-state index contributed by atoms with van der Waals surface area (Å²) in [6, 6.07) is 7.69. The van der Waals surface area contributed by atoms with Gasteiger partial charge in [0.2, 0.25) is 11.1 Å². The molecule has 0 aliphatic carbocycles. The van der Waals surface area contributed by atoms with Crippen LogP contribution in [0.1, 0.15) is 11.4 Å². The van der Waals surface area contributed by atoms with Crippen LogP contribution in [0.5, 0.6) is 0 Å². The molecule has 0 saturated carbocycles. The fraction of sp³-hybridized carbons (Fsp3) is 0.250. The molecule has 1 aromatic carbocycles. The zero-order valence-electron chi connectivity index (χ0n) is 10.2. The van der Waals surface area contributed by atoms with Crippen LogP contribution in [0, 0.1) is 13.8 Å². The predicted molar refractivity (Wildman–Crippen MR) is 71.7 cm³/mol. The van der Waals surface area contributed by atoms with Gasteiger partial charge in [-0.3, -0.25) is 9.89 Å². The summed E-state index contributed by atoms with van der Waals surface area (Å²) in [4.78, 5) is 15.8. The number of carbonyl (C=O) groups excluding carboxylic acids is 1. The molecule has 0 aliphatic heterocycles. The Kier molecular flexibility index (Phi) is 3.99. The first-order chi connectivity index (χ1) is 8.63. The van der Waals surface area contributed by atoms with Gasteiger partial charge in [-0.15, -0.1) is 5.10 Å². The van der Waals surface area contributed by atoms with Crippen molar-refractivity contribution in [1.29, 1.82) is 0 Å². The molecule has 1 heterocycles. The molecule has 1 amide bonds. The van der Waals surface area contributed by atoms with E-state index in [0.717, 1.165) is 11.5 Å². The van der Waals surface area contributed by atoms with Crippen LogP contribution in [-0.4, -0.2) is 26.8 Å². The first-order valence-corrected chi connectivity index (χ1v) is 6.50. The van der Waals surface area contributed by atoms with E-state index in [1.807, 2.05) is 38.1 Å². The lowest BCUT2D eigenvalue weighted by Crippen LogP contribution is -2.14. The lowest BCUT2D eigenvalue weighted by Gasteiger charge is -2.04. The average molecular weight is 262 g/mol. The van der Waals surface area contributed by atoms with Gasteiger partial charge in [-0.2, -0.15) is 0 Å². The lowest BCUT2D eigenvalue weighted by molar-refractivity contribution is -0.113. The van der Waals surface area contributed by atoms with Gasteiger partial charge >= 0.3 is 0 Å². The van der Waals surface area contributed by atoms with Crippen molar-refractivity contribution < 1.29 is 4.79 Å². The van der Waals surface area contributed by atoms with Gasteiger partial charge in [0.25, 0.3) is 0 Å². The van der Waals surface area contributed by atoms with Crippen molar-refractivity contribution in [3.8, 4) is 0 Å². The number of aromatic nitrogens is 3. The summed E-state index contributed by atoms with van der Waals surface area (Å²) in [5.74, 6) is 0.980. The minimum atomic E-state index is -0.0636. The molecular weight excluding hydrogens is 248 g/mol. The molecule has 2 N–H and O–H groups in total. The summed E-state index contributed by atoms with van der Waals surface area (Å²) >= 11 is 1.31. The molecule has 1 aromatic heterocycles. The van der Waals surface area contributed by atoms with Gasteiger partial charge < -0.3 is 5.32 Å². The van der Waals surface area contributed by atoms with Gasteiger partial charge in [-0.1, -0.05) is 29.5 Å². The Balaban J connectivity index is 1.83.